The molecule has 0 amide bonds. The van der Waals surface area contributed by atoms with Crippen LogP contribution < -0.4 is 0 Å². The van der Waals surface area contributed by atoms with E-state index in [1.807, 2.05) is 11.3 Å². The van der Waals surface area contributed by atoms with Crippen LogP contribution in [0.15, 0.2) is 133 Å². The quantitative estimate of drug-likeness (QED) is 0.205. The van der Waals surface area contributed by atoms with E-state index in [4.69, 9.17) is 0 Å². The van der Waals surface area contributed by atoms with Crippen LogP contribution in [-0.4, -0.2) is 0 Å². The fourth-order valence-electron chi connectivity index (χ4n) is 8.07. The standard InChI is InChI=1S/C40H28S/c1-39(2)33-19-11-9-17-27(33)29-21-22-30-31-23-32-28-18-10-12-20-35(28)41-36(32)24-34(31)40(38(30)37(29)39,25-13-5-3-6-14-25)26-15-7-4-8-16-26/h3-24H,1-2H3. The second-order valence-corrected chi connectivity index (χ2v) is 13.1. The van der Waals surface area contributed by atoms with Gasteiger partial charge in [0.05, 0.1) is 5.41 Å². The van der Waals surface area contributed by atoms with E-state index in [0.29, 0.717) is 0 Å². The zero-order chi connectivity index (χ0) is 27.3. The van der Waals surface area contributed by atoms with E-state index >= 15 is 0 Å². The number of benzene rings is 6. The maximum absolute atomic E-state index is 2.52. The molecule has 6 aromatic carbocycles. The first-order valence-corrected chi connectivity index (χ1v) is 15.3. The zero-order valence-electron chi connectivity index (χ0n) is 23.1. The van der Waals surface area contributed by atoms with Crippen molar-refractivity contribution in [1.82, 2.24) is 0 Å². The van der Waals surface area contributed by atoms with Gasteiger partial charge in [-0.1, -0.05) is 129 Å². The highest BCUT2D eigenvalue weighted by molar-refractivity contribution is 7.25. The average Bonchev–Trinajstić information content (AvgIpc) is 3.61. The van der Waals surface area contributed by atoms with Crippen molar-refractivity contribution < 1.29 is 0 Å². The summed E-state index contributed by atoms with van der Waals surface area (Å²) in [6.07, 6.45) is 0. The second kappa shape index (κ2) is 8.06. The van der Waals surface area contributed by atoms with Crippen LogP contribution in [0.5, 0.6) is 0 Å². The van der Waals surface area contributed by atoms with Gasteiger partial charge in [0.25, 0.3) is 0 Å². The fourth-order valence-corrected chi connectivity index (χ4v) is 9.20. The van der Waals surface area contributed by atoms with Gasteiger partial charge in [-0.2, -0.15) is 0 Å². The Morgan fingerprint density at radius 3 is 1.78 bits per heavy atom. The molecule has 41 heavy (non-hydrogen) atoms. The van der Waals surface area contributed by atoms with E-state index < -0.39 is 5.41 Å². The molecule has 1 heteroatoms. The Labute approximate surface area is 244 Å². The van der Waals surface area contributed by atoms with Gasteiger partial charge in [-0.25, -0.2) is 0 Å². The van der Waals surface area contributed by atoms with Gasteiger partial charge in [-0.3, -0.25) is 0 Å². The summed E-state index contributed by atoms with van der Waals surface area (Å²) in [4.78, 5) is 0. The van der Waals surface area contributed by atoms with Crippen molar-refractivity contribution in [3.8, 4) is 22.3 Å². The van der Waals surface area contributed by atoms with E-state index in [0.717, 1.165) is 0 Å². The van der Waals surface area contributed by atoms with Crippen LogP contribution in [0.2, 0.25) is 0 Å². The van der Waals surface area contributed by atoms with Crippen molar-refractivity contribution >= 4 is 31.5 Å². The highest BCUT2D eigenvalue weighted by atomic mass is 32.1. The van der Waals surface area contributed by atoms with Crippen LogP contribution in [0.25, 0.3) is 42.4 Å². The molecular weight excluding hydrogens is 513 g/mol. The highest BCUT2D eigenvalue weighted by Gasteiger charge is 2.51. The molecule has 0 nitrogen and oxygen atoms in total. The summed E-state index contributed by atoms with van der Waals surface area (Å²) < 4.78 is 2.70. The van der Waals surface area contributed by atoms with Gasteiger partial charge in [0.2, 0.25) is 0 Å². The number of hydrogen-bond acceptors (Lipinski definition) is 1. The molecule has 1 aromatic heterocycles. The van der Waals surface area contributed by atoms with Gasteiger partial charge < -0.3 is 0 Å². The smallest absolute Gasteiger partial charge is 0.0717 e. The Bertz CT molecular complexity index is 2120. The van der Waals surface area contributed by atoms with Gasteiger partial charge in [-0.05, 0) is 73.8 Å². The average molecular weight is 541 g/mol. The predicted octanol–water partition coefficient (Wildman–Crippen LogP) is 10.7. The molecule has 2 aliphatic rings. The Hall–Kier alpha value is -4.46. The number of rotatable bonds is 2. The summed E-state index contributed by atoms with van der Waals surface area (Å²) in [5.74, 6) is 0. The Morgan fingerprint density at radius 1 is 0.439 bits per heavy atom. The largest absolute Gasteiger partial charge is 0.135 e. The van der Waals surface area contributed by atoms with Gasteiger partial charge >= 0.3 is 0 Å². The molecule has 2 aliphatic carbocycles. The molecule has 0 atom stereocenters. The summed E-state index contributed by atoms with van der Waals surface area (Å²) >= 11 is 1.91. The molecule has 1 heterocycles. The molecule has 0 saturated heterocycles. The highest BCUT2D eigenvalue weighted by Crippen LogP contribution is 2.63. The van der Waals surface area contributed by atoms with Crippen LogP contribution in [0.1, 0.15) is 47.2 Å². The monoisotopic (exact) mass is 540 g/mol. The van der Waals surface area contributed by atoms with E-state index in [9.17, 15) is 0 Å². The third-order valence-corrected chi connectivity index (χ3v) is 10.9. The van der Waals surface area contributed by atoms with Crippen molar-refractivity contribution in [2.75, 3.05) is 0 Å². The first kappa shape index (κ1) is 23.3. The van der Waals surface area contributed by atoms with Crippen LogP contribution in [0.4, 0.5) is 0 Å². The minimum Gasteiger partial charge on any atom is -0.135 e. The van der Waals surface area contributed by atoms with Crippen LogP contribution >= 0.6 is 11.3 Å². The number of fused-ring (bicyclic) bond motifs is 10. The Kier molecular flexibility index (Phi) is 4.57. The third kappa shape index (κ3) is 2.85. The van der Waals surface area contributed by atoms with Crippen LogP contribution in [0.3, 0.4) is 0 Å². The molecule has 0 aliphatic heterocycles. The van der Waals surface area contributed by atoms with Crippen molar-refractivity contribution in [3.63, 3.8) is 0 Å². The molecule has 0 saturated carbocycles. The zero-order valence-corrected chi connectivity index (χ0v) is 23.9. The molecule has 0 radical (unpaired) electrons. The molecule has 0 bridgehead atoms. The van der Waals surface area contributed by atoms with Gasteiger partial charge in [0.15, 0.2) is 0 Å². The summed E-state index contributed by atoms with van der Waals surface area (Å²) in [7, 11) is 0. The Morgan fingerprint density at radius 2 is 1.05 bits per heavy atom. The maximum Gasteiger partial charge on any atom is 0.0717 e. The van der Waals surface area contributed by atoms with E-state index in [1.165, 1.54) is 75.8 Å². The van der Waals surface area contributed by atoms with Gasteiger partial charge in [0, 0.05) is 25.6 Å². The third-order valence-electron chi connectivity index (χ3n) is 9.72. The minimum absolute atomic E-state index is 0.127. The molecular formula is C40H28S. The lowest BCUT2D eigenvalue weighted by Crippen LogP contribution is -2.32. The first-order chi connectivity index (χ1) is 20.1. The number of thiophene rings is 1. The summed E-state index contributed by atoms with van der Waals surface area (Å²) in [5.41, 5.74) is 13.3. The normalized spacial score (nSPS) is 15.5. The van der Waals surface area contributed by atoms with Crippen molar-refractivity contribution in [1.29, 1.82) is 0 Å². The van der Waals surface area contributed by atoms with E-state index in [-0.39, 0.29) is 5.41 Å². The lowest BCUT2D eigenvalue weighted by atomic mass is 9.64. The molecule has 0 unspecified atom stereocenters. The SMILES string of the molecule is CC1(C)c2ccccc2-c2ccc3c(c21)C(c1ccccc1)(c1ccccc1)c1cc2sc4ccccc4c2cc1-3. The van der Waals surface area contributed by atoms with Gasteiger partial charge in [-0.15, -0.1) is 11.3 Å². The lowest BCUT2D eigenvalue weighted by Gasteiger charge is -2.37. The van der Waals surface area contributed by atoms with Crippen molar-refractivity contribution in [3.05, 3.63) is 167 Å². The topological polar surface area (TPSA) is 0 Å². The van der Waals surface area contributed by atoms with E-state index in [2.05, 4.69) is 147 Å². The maximum atomic E-state index is 2.52. The van der Waals surface area contributed by atoms with Crippen LogP contribution in [-0.2, 0) is 10.8 Å². The van der Waals surface area contributed by atoms with E-state index in [1.54, 1.807) is 0 Å². The molecule has 0 fully saturated rings. The molecule has 0 N–H and O–H groups in total. The Balaban J connectivity index is 1.51. The van der Waals surface area contributed by atoms with Crippen LogP contribution in [0, 0.1) is 0 Å². The van der Waals surface area contributed by atoms with Gasteiger partial charge in [0.1, 0.15) is 0 Å². The number of hydrogen-bond donors (Lipinski definition) is 0. The van der Waals surface area contributed by atoms with Crippen molar-refractivity contribution in [2.45, 2.75) is 24.7 Å². The lowest BCUT2D eigenvalue weighted by molar-refractivity contribution is 0.633. The predicted molar refractivity (Wildman–Crippen MR) is 174 cm³/mol. The molecule has 0 spiro atoms. The summed E-state index contributed by atoms with van der Waals surface area (Å²) in [6.45, 7) is 4.85. The summed E-state index contributed by atoms with van der Waals surface area (Å²) in [6, 6.07) is 50.2. The summed E-state index contributed by atoms with van der Waals surface area (Å²) in [5, 5.41) is 2.71. The molecule has 194 valence electrons. The molecule has 7 aromatic rings. The second-order valence-electron chi connectivity index (χ2n) is 12.1. The first-order valence-electron chi connectivity index (χ1n) is 14.4. The van der Waals surface area contributed by atoms with Crippen molar-refractivity contribution in [2.24, 2.45) is 0 Å². The fraction of sp³-hybridized carbons (Fsp3) is 0.100. The minimum atomic E-state index is -0.428. The molecule has 9 rings (SSSR count).